The van der Waals surface area contributed by atoms with Crippen LogP contribution < -0.4 is 4.90 Å². The van der Waals surface area contributed by atoms with Crippen molar-refractivity contribution in [2.75, 3.05) is 4.90 Å². The third kappa shape index (κ3) is 7.65. The quantitative estimate of drug-likeness (QED) is 0.126. The second-order valence-electron chi connectivity index (χ2n) is 16.8. The Hall–Kier alpha value is -8.72. The molecule has 2 nitrogen and oxygen atoms in total. The molecule has 0 amide bonds. The normalized spacial score (nSPS) is 11.4. The first kappa shape index (κ1) is 41.0. The minimum atomic E-state index is 1.06. The lowest BCUT2D eigenvalue weighted by Crippen LogP contribution is -2.12. The lowest BCUT2D eigenvalue weighted by atomic mass is 9.87. The van der Waals surface area contributed by atoms with Gasteiger partial charge in [-0.2, -0.15) is 0 Å². The molecule has 11 aromatic rings. The number of allylic oxidation sites excluding steroid dienone is 1. The van der Waals surface area contributed by atoms with E-state index >= 15 is 0 Å². The fourth-order valence-corrected chi connectivity index (χ4v) is 9.85. The molecule has 318 valence electrons. The second-order valence-corrected chi connectivity index (χ2v) is 16.8. The maximum Gasteiger partial charge on any atom is 0.0547 e. The van der Waals surface area contributed by atoms with E-state index < -0.39 is 0 Å². The molecule has 0 unspecified atom stereocenters. The van der Waals surface area contributed by atoms with Gasteiger partial charge in [-0.15, -0.1) is 0 Å². The Balaban J connectivity index is 1.12. The number of anilines is 3. The van der Waals surface area contributed by atoms with Crippen LogP contribution >= 0.6 is 0 Å². The van der Waals surface area contributed by atoms with Gasteiger partial charge in [0.05, 0.1) is 16.9 Å². The minimum Gasteiger partial charge on any atom is -0.310 e. The molecule has 0 spiro atoms. The Morgan fingerprint density at radius 1 is 0.418 bits per heavy atom. The third-order valence-corrected chi connectivity index (χ3v) is 12.9. The Labute approximate surface area is 393 Å². The molecule has 1 heterocycles. The van der Waals surface area contributed by atoms with Gasteiger partial charge in [0.2, 0.25) is 0 Å². The highest BCUT2D eigenvalue weighted by molar-refractivity contribution is 6.06. The summed E-state index contributed by atoms with van der Waals surface area (Å²) in [5, 5.41) is 3.67. The van der Waals surface area contributed by atoms with Crippen LogP contribution in [-0.4, -0.2) is 4.57 Å². The zero-order chi connectivity index (χ0) is 45.1. The van der Waals surface area contributed by atoms with E-state index in [4.69, 9.17) is 0 Å². The number of rotatable bonds is 11. The molecule has 0 bridgehead atoms. The van der Waals surface area contributed by atoms with Crippen molar-refractivity contribution in [2.24, 2.45) is 0 Å². The van der Waals surface area contributed by atoms with Gasteiger partial charge in [-0.3, -0.25) is 0 Å². The molecule has 2 heteroatoms. The van der Waals surface area contributed by atoms with Crippen molar-refractivity contribution in [3.63, 3.8) is 0 Å². The lowest BCUT2D eigenvalue weighted by molar-refractivity contribution is 1.11. The highest BCUT2D eigenvalue weighted by atomic mass is 15.1. The van der Waals surface area contributed by atoms with Crippen LogP contribution in [0.4, 0.5) is 17.1 Å². The van der Waals surface area contributed by atoms with Crippen LogP contribution in [0.5, 0.6) is 0 Å². The average molecular weight is 857 g/mol. The van der Waals surface area contributed by atoms with E-state index in [1.54, 1.807) is 0 Å². The van der Waals surface area contributed by atoms with Crippen LogP contribution in [0, 0.1) is 0 Å². The second kappa shape index (κ2) is 18.0. The number of aromatic nitrogens is 1. The first-order valence-corrected chi connectivity index (χ1v) is 23.0. The van der Waals surface area contributed by atoms with Gasteiger partial charge in [-0.1, -0.05) is 207 Å². The molecule has 67 heavy (non-hydrogen) atoms. The van der Waals surface area contributed by atoms with Gasteiger partial charge < -0.3 is 9.47 Å². The topological polar surface area (TPSA) is 8.17 Å². The van der Waals surface area contributed by atoms with Gasteiger partial charge in [0, 0.05) is 33.6 Å². The standard InChI is InChI=1S/C65H48N2/c1-3-20-60-61(4-2)67(53-27-12-7-13-28-53)63-34-19-32-58(65(60)63)50-39-43-55(44-40-50)66(54-41-37-47(38-42-54)52-36-35-46-21-14-15-26-51(46)45-52)62-33-18-31-57(49-24-10-6-11-25-49)64(62)59-30-17-16-29-56(59)48-22-8-5-9-23-48/h3-45H,2H2,1H3/b20-3-. The Morgan fingerprint density at radius 3 is 1.61 bits per heavy atom. The van der Waals surface area contributed by atoms with Crippen LogP contribution in [0.1, 0.15) is 18.2 Å². The molecule has 0 radical (unpaired) electrons. The maximum atomic E-state index is 4.30. The summed E-state index contributed by atoms with van der Waals surface area (Å²) in [7, 11) is 0. The van der Waals surface area contributed by atoms with E-state index in [-0.39, 0.29) is 0 Å². The summed E-state index contributed by atoms with van der Waals surface area (Å²) < 4.78 is 2.33. The average Bonchev–Trinajstić information content (AvgIpc) is 3.73. The number of para-hydroxylation sites is 1. The van der Waals surface area contributed by atoms with Crippen molar-refractivity contribution < 1.29 is 0 Å². The van der Waals surface area contributed by atoms with Gasteiger partial charge >= 0.3 is 0 Å². The van der Waals surface area contributed by atoms with Crippen molar-refractivity contribution in [1.29, 1.82) is 0 Å². The SMILES string of the molecule is C=Cc1c(/C=C\C)c2c(-c3ccc(N(c4ccc(-c5ccc6ccccc6c5)cc4)c4cccc(-c5ccccc5)c4-c4ccccc4-c4ccccc4)cc3)cccc2n1-c1ccccc1. The fourth-order valence-electron chi connectivity index (χ4n) is 9.85. The first-order chi connectivity index (χ1) is 33.2. The van der Waals surface area contributed by atoms with Gasteiger partial charge in [0.1, 0.15) is 0 Å². The van der Waals surface area contributed by atoms with E-state index in [1.807, 2.05) is 6.08 Å². The number of fused-ring (bicyclic) bond motifs is 2. The van der Waals surface area contributed by atoms with E-state index in [9.17, 15) is 0 Å². The predicted molar refractivity (Wildman–Crippen MR) is 287 cm³/mol. The molecule has 1 aromatic heterocycles. The van der Waals surface area contributed by atoms with E-state index in [0.29, 0.717) is 0 Å². The number of nitrogens with zero attached hydrogens (tertiary/aromatic N) is 2. The van der Waals surface area contributed by atoms with E-state index in [2.05, 4.69) is 278 Å². The van der Waals surface area contributed by atoms with Gasteiger partial charge in [0.25, 0.3) is 0 Å². The van der Waals surface area contributed by atoms with Crippen LogP contribution in [0.25, 0.3) is 95.1 Å². The third-order valence-electron chi connectivity index (χ3n) is 12.9. The largest absolute Gasteiger partial charge is 0.310 e. The van der Waals surface area contributed by atoms with Gasteiger partial charge in [0.15, 0.2) is 0 Å². The van der Waals surface area contributed by atoms with Crippen LogP contribution in [0.3, 0.4) is 0 Å². The Kier molecular flexibility index (Phi) is 11.0. The Morgan fingerprint density at radius 2 is 0.940 bits per heavy atom. The summed E-state index contributed by atoms with van der Waals surface area (Å²) in [4.78, 5) is 2.44. The monoisotopic (exact) mass is 856 g/mol. The number of hydrogen-bond acceptors (Lipinski definition) is 1. The zero-order valence-electron chi connectivity index (χ0n) is 37.4. The molecule has 0 fully saturated rings. The molecule has 0 N–H and O–H groups in total. The summed E-state index contributed by atoms with van der Waals surface area (Å²) in [6.45, 7) is 6.38. The van der Waals surface area contributed by atoms with Crippen LogP contribution in [0.15, 0.2) is 255 Å². The molecule has 0 aliphatic rings. The smallest absolute Gasteiger partial charge is 0.0547 e. The summed E-state index contributed by atoms with van der Waals surface area (Å²) >= 11 is 0. The molecule has 0 atom stereocenters. The van der Waals surface area contributed by atoms with E-state index in [1.165, 1.54) is 55.1 Å². The van der Waals surface area contributed by atoms with Crippen molar-refractivity contribution in [3.8, 4) is 61.3 Å². The predicted octanol–water partition coefficient (Wildman–Crippen LogP) is 18.3. The molecular formula is C65H48N2. The summed E-state index contributed by atoms with van der Waals surface area (Å²) in [5.41, 5.74) is 19.4. The molecule has 0 aliphatic carbocycles. The van der Waals surface area contributed by atoms with Gasteiger partial charge in [-0.05, 0) is 128 Å². The minimum absolute atomic E-state index is 1.06. The van der Waals surface area contributed by atoms with Crippen molar-refractivity contribution in [1.82, 2.24) is 4.57 Å². The molecular weight excluding hydrogens is 809 g/mol. The molecule has 11 rings (SSSR count). The lowest BCUT2D eigenvalue weighted by Gasteiger charge is -2.30. The molecule has 0 saturated heterocycles. The number of hydrogen-bond donors (Lipinski definition) is 0. The zero-order valence-corrected chi connectivity index (χ0v) is 37.4. The summed E-state index contributed by atoms with van der Waals surface area (Å²) in [5.74, 6) is 0. The number of benzene rings is 10. The molecule has 10 aromatic carbocycles. The van der Waals surface area contributed by atoms with Crippen molar-refractivity contribution in [3.05, 3.63) is 267 Å². The molecule has 0 aliphatic heterocycles. The Bertz CT molecular complexity index is 3560. The summed E-state index contributed by atoms with van der Waals surface area (Å²) in [6.07, 6.45) is 6.32. The fraction of sp³-hybridized carbons (Fsp3) is 0.0154. The van der Waals surface area contributed by atoms with Crippen LogP contribution in [-0.2, 0) is 0 Å². The van der Waals surface area contributed by atoms with Crippen LogP contribution in [0.2, 0.25) is 0 Å². The van der Waals surface area contributed by atoms with E-state index in [0.717, 1.165) is 56.2 Å². The molecule has 0 saturated carbocycles. The maximum absolute atomic E-state index is 4.30. The van der Waals surface area contributed by atoms with Gasteiger partial charge in [-0.25, -0.2) is 0 Å². The highest BCUT2D eigenvalue weighted by Crippen LogP contribution is 2.49. The van der Waals surface area contributed by atoms with Crippen molar-refractivity contribution >= 4 is 50.9 Å². The first-order valence-electron chi connectivity index (χ1n) is 23.0. The highest BCUT2D eigenvalue weighted by Gasteiger charge is 2.24. The summed E-state index contributed by atoms with van der Waals surface area (Å²) in [6, 6.07) is 87.8. The van der Waals surface area contributed by atoms with Crippen molar-refractivity contribution in [2.45, 2.75) is 6.92 Å².